The second-order valence-corrected chi connectivity index (χ2v) is 7.22. The lowest BCUT2D eigenvalue weighted by atomic mass is 10.1. The Bertz CT molecular complexity index is 797. The predicted octanol–water partition coefficient (Wildman–Crippen LogP) is 4.68. The molecule has 0 bridgehead atoms. The number of halogens is 2. The van der Waals surface area contributed by atoms with Gasteiger partial charge >= 0.3 is 6.03 Å². The number of hydrogen-bond donors (Lipinski definition) is 2. The first-order valence-electron chi connectivity index (χ1n) is 7.88. The van der Waals surface area contributed by atoms with Gasteiger partial charge in [0.25, 0.3) is 0 Å². The normalized spacial score (nSPS) is 11.0. The zero-order valence-corrected chi connectivity index (χ0v) is 16.5. The van der Waals surface area contributed by atoms with E-state index in [4.69, 9.17) is 32.7 Å². The fourth-order valence-corrected chi connectivity index (χ4v) is 2.55. The Hall–Kier alpha value is -2.18. The first-order valence-corrected chi connectivity index (χ1v) is 8.63. The number of carbonyl (C=O) groups is 1. The Balaban J connectivity index is 1.96. The number of methoxy groups -OCH3 is 1. The Morgan fingerprint density at radius 1 is 1.27 bits per heavy atom. The maximum Gasteiger partial charge on any atom is 0.319 e. The minimum Gasteiger partial charge on any atom is -0.497 e. The van der Waals surface area contributed by atoms with E-state index in [-0.39, 0.29) is 18.5 Å². The van der Waals surface area contributed by atoms with Gasteiger partial charge < -0.3 is 20.1 Å². The lowest BCUT2D eigenvalue weighted by Gasteiger charge is -2.26. The second kappa shape index (κ2) is 8.47. The van der Waals surface area contributed by atoms with Crippen molar-refractivity contribution in [3.05, 3.63) is 46.1 Å². The molecule has 2 N–H and O–H groups in total. The summed E-state index contributed by atoms with van der Waals surface area (Å²) >= 11 is 11.8. The van der Waals surface area contributed by atoms with Crippen molar-refractivity contribution in [3.63, 3.8) is 0 Å². The van der Waals surface area contributed by atoms with Crippen LogP contribution in [0.5, 0.6) is 11.6 Å². The van der Waals surface area contributed by atoms with Crippen LogP contribution in [-0.4, -0.2) is 30.3 Å². The van der Waals surface area contributed by atoms with Gasteiger partial charge in [0.1, 0.15) is 17.4 Å². The van der Waals surface area contributed by atoms with Gasteiger partial charge in [0.15, 0.2) is 0 Å². The standard InChI is InChI=1S/C18H21Cl2N3O3/c1-11-5-6-13(25-4)8-15(11)22-17(24)23-18(2,3)10-26-16-14(20)7-12(19)9-21-16/h5-9H,10H2,1-4H3,(H2,22,23,24). The molecule has 6 nitrogen and oxygen atoms in total. The van der Waals surface area contributed by atoms with Crippen LogP contribution in [-0.2, 0) is 0 Å². The molecule has 0 fully saturated rings. The second-order valence-electron chi connectivity index (χ2n) is 6.37. The maximum atomic E-state index is 12.3. The van der Waals surface area contributed by atoms with Crippen LogP contribution in [0.2, 0.25) is 10.0 Å². The van der Waals surface area contributed by atoms with Gasteiger partial charge in [0.2, 0.25) is 5.88 Å². The summed E-state index contributed by atoms with van der Waals surface area (Å²) in [6.07, 6.45) is 1.45. The zero-order valence-electron chi connectivity index (χ0n) is 15.0. The van der Waals surface area contributed by atoms with Gasteiger partial charge in [0.05, 0.1) is 17.7 Å². The summed E-state index contributed by atoms with van der Waals surface area (Å²) in [4.78, 5) is 16.4. The van der Waals surface area contributed by atoms with Crippen molar-refractivity contribution in [1.82, 2.24) is 10.3 Å². The number of benzene rings is 1. The number of amides is 2. The molecule has 26 heavy (non-hydrogen) atoms. The molecular formula is C18H21Cl2N3O3. The van der Waals surface area contributed by atoms with E-state index in [0.717, 1.165) is 5.56 Å². The van der Waals surface area contributed by atoms with Crippen molar-refractivity contribution in [2.75, 3.05) is 19.0 Å². The SMILES string of the molecule is COc1ccc(C)c(NC(=O)NC(C)(C)COc2ncc(Cl)cc2Cl)c1. The number of anilines is 1. The number of ether oxygens (including phenoxy) is 2. The van der Waals surface area contributed by atoms with Crippen molar-refractivity contribution < 1.29 is 14.3 Å². The van der Waals surface area contributed by atoms with Crippen LogP contribution in [0.25, 0.3) is 0 Å². The zero-order chi connectivity index (χ0) is 19.3. The van der Waals surface area contributed by atoms with Crippen molar-refractivity contribution in [2.24, 2.45) is 0 Å². The number of nitrogens with zero attached hydrogens (tertiary/aromatic N) is 1. The number of rotatable bonds is 6. The highest BCUT2D eigenvalue weighted by Gasteiger charge is 2.23. The molecule has 0 spiro atoms. The number of pyridine rings is 1. The third-order valence-corrected chi connectivity index (χ3v) is 3.97. The molecule has 8 heteroatoms. The summed E-state index contributed by atoms with van der Waals surface area (Å²) in [5.74, 6) is 0.923. The number of aromatic nitrogens is 1. The topological polar surface area (TPSA) is 72.5 Å². The number of hydrogen-bond acceptors (Lipinski definition) is 4. The molecule has 0 radical (unpaired) electrons. The van der Waals surface area contributed by atoms with E-state index in [1.54, 1.807) is 19.2 Å². The highest BCUT2D eigenvalue weighted by Crippen LogP contribution is 2.25. The molecule has 2 aromatic rings. The van der Waals surface area contributed by atoms with Gasteiger partial charge in [-0.3, -0.25) is 0 Å². The van der Waals surface area contributed by atoms with Crippen LogP contribution in [0, 0.1) is 6.92 Å². The number of nitrogens with one attached hydrogen (secondary N) is 2. The highest BCUT2D eigenvalue weighted by atomic mass is 35.5. The molecule has 1 aromatic carbocycles. The molecule has 0 unspecified atom stereocenters. The molecule has 1 aromatic heterocycles. The average molecular weight is 398 g/mol. The van der Waals surface area contributed by atoms with Crippen molar-refractivity contribution in [3.8, 4) is 11.6 Å². The van der Waals surface area contributed by atoms with E-state index >= 15 is 0 Å². The molecule has 0 aliphatic heterocycles. The molecule has 0 aliphatic rings. The lowest BCUT2D eigenvalue weighted by molar-refractivity contribution is 0.197. The summed E-state index contributed by atoms with van der Waals surface area (Å²) < 4.78 is 10.8. The molecule has 0 aliphatic carbocycles. The Labute approximate surface area is 162 Å². The number of urea groups is 1. The van der Waals surface area contributed by atoms with Crippen LogP contribution in [0.1, 0.15) is 19.4 Å². The average Bonchev–Trinajstić information content (AvgIpc) is 2.55. The van der Waals surface area contributed by atoms with Gasteiger partial charge in [-0.25, -0.2) is 9.78 Å². The van der Waals surface area contributed by atoms with E-state index in [9.17, 15) is 4.79 Å². The Morgan fingerprint density at radius 3 is 2.65 bits per heavy atom. The molecule has 0 atom stereocenters. The van der Waals surface area contributed by atoms with Crippen LogP contribution in [0.4, 0.5) is 10.5 Å². The van der Waals surface area contributed by atoms with Gasteiger partial charge in [-0.2, -0.15) is 0 Å². The van der Waals surface area contributed by atoms with Crippen molar-refractivity contribution >= 4 is 34.9 Å². The summed E-state index contributed by atoms with van der Waals surface area (Å²) in [7, 11) is 1.57. The van der Waals surface area contributed by atoms with Gasteiger partial charge in [-0.15, -0.1) is 0 Å². The minimum atomic E-state index is -0.665. The van der Waals surface area contributed by atoms with Crippen molar-refractivity contribution in [2.45, 2.75) is 26.3 Å². The number of aryl methyl sites for hydroxylation is 1. The summed E-state index contributed by atoms with van der Waals surface area (Å²) in [5.41, 5.74) is 0.926. The molecule has 2 amide bonds. The van der Waals surface area contributed by atoms with Gasteiger partial charge in [0, 0.05) is 18.0 Å². The van der Waals surface area contributed by atoms with E-state index in [2.05, 4.69) is 15.6 Å². The van der Waals surface area contributed by atoms with Crippen LogP contribution in [0.15, 0.2) is 30.5 Å². The van der Waals surface area contributed by atoms with E-state index in [0.29, 0.717) is 21.5 Å². The van der Waals surface area contributed by atoms with E-state index in [1.807, 2.05) is 32.9 Å². The van der Waals surface area contributed by atoms with Gasteiger partial charge in [-0.1, -0.05) is 29.3 Å². The third kappa shape index (κ3) is 5.68. The highest BCUT2D eigenvalue weighted by molar-refractivity contribution is 6.35. The van der Waals surface area contributed by atoms with E-state index in [1.165, 1.54) is 6.20 Å². The monoisotopic (exact) mass is 397 g/mol. The summed E-state index contributed by atoms with van der Waals surface area (Å²) in [6.45, 7) is 5.73. The van der Waals surface area contributed by atoms with E-state index < -0.39 is 5.54 Å². The third-order valence-electron chi connectivity index (χ3n) is 3.49. The molecule has 2 rings (SSSR count). The molecule has 0 saturated carbocycles. The minimum absolute atomic E-state index is 0.172. The van der Waals surface area contributed by atoms with Gasteiger partial charge in [-0.05, 0) is 38.5 Å². The Kier molecular flexibility index (Phi) is 6.56. The van der Waals surface area contributed by atoms with Crippen molar-refractivity contribution in [1.29, 1.82) is 0 Å². The maximum absolute atomic E-state index is 12.3. The first kappa shape index (κ1) is 20.1. The number of carbonyl (C=O) groups excluding carboxylic acids is 1. The quantitative estimate of drug-likeness (QED) is 0.741. The molecule has 0 saturated heterocycles. The fraction of sp³-hybridized carbons (Fsp3) is 0.333. The Morgan fingerprint density at radius 2 is 2.00 bits per heavy atom. The van der Waals surface area contributed by atoms with Crippen LogP contribution in [0.3, 0.4) is 0 Å². The van der Waals surface area contributed by atoms with Crippen LogP contribution >= 0.6 is 23.2 Å². The molecule has 1 heterocycles. The lowest BCUT2D eigenvalue weighted by Crippen LogP contribution is -2.49. The fourth-order valence-electron chi connectivity index (χ4n) is 2.12. The molecule has 140 valence electrons. The first-order chi connectivity index (χ1) is 12.2. The van der Waals surface area contributed by atoms with Crippen LogP contribution < -0.4 is 20.1 Å². The smallest absolute Gasteiger partial charge is 0.319 e. The predicted molar refractivity (Wildman–Crippen MR) is 104 cm³/mol. The largest absolute Gasteiger partial charge is 0.497 e. The summed E-state index contributed by atoms with van der Waals surface area (Å²) in [5, 5.41) is 6.40. The molecular weight excluding hydrogens is 377 g/mol. The summed E-state index contributed by atoms with van der Waals surface area (Å²) in [6, 6.07) is 6.65.